The smallest absolute Gasteiger partial charge is 0.320 e. The molecule has 0 bridgehead atoms. The summed E-state index contributed by atoms with van der Waals surface area (Å²) in [6.07, 6.45) is 2.29. The topological polar surface area (TPSA) is 49.8 Å². The lowest BCUT2D eigenvalue weighted by Crippen LogP contribution is -2.40. The molecule has 1 aliphatic rings. The quantitative estimate of drug-likeness (QED) is 0.832. The van der Waals surface area contributed by atoms with E-state index < -0.39 is 12.0 Å². The Morgan fingerprint density at radius 1 is 1.35 bits per heavy atom. The van der Waals surface area contributed by atoms with Gasteiger partial charge in [-0.3, -0.25) is 9.69 Å². The Morgan fingerprint density at radius 3 is 2.55 bits per heavy atom. The van der Waals surface area contributed by atoms with Crippen LogP contribution in [-0.4, -0.2) is 34.2 Å². The van der Waals surface area contributed by atoms with E-state index in [2.05, 4.69) is 4.90 Å². The van der Waals surface area contributed by atoms with Crippen molar-refractivity contribution in [2.45, 2.75) is 58.3 Å². The molecule has 0 aromatic heterocycles. The first kappa shape index (κ1) is 14.9. The predicted molar refractivity (Wildman–Crippen MR) is 77.9 cm³/mol. The number of aliphatic carboxylic acids is 1. The van der Waals surface area contributed by atoms with E-state index in [4.69, 9.17) is 4.74 Å². The van der Waals surface area contributed by atoms with Crippen molar-refractivity contribution in [2.24, 2.45) is 0 Å². The van der Waals surface area contributed by atoms with Gasteiger partial charge in [0.15, 0.2) is 0 Å². The number of ether oxygens (including phenoxy) is 1. The van der Waals surface area contributed by atoms with Crippen LogP contribution in [-0.2, 0) is 11.3 Å². The molecule has 1 N–H and O–H groups in total. The van der Waals surface area contributed by atoms with E-state index in [0.717, 1.165) is 24.2 Å². The van der Waals surface area contributed by atoms with E-state index in [1.54, 1.807) is 6.92 Å². The molecule has 0 radical (unpaired) electrons. The summed E-state index contributed by atoms with van der Waals surface area (Å²) in [7, 11) is 0. The lowest BCUT2D eigenvalue weighted by atomic mass is 10.1. The standard InChI is InChI=1S/C16H23NO3/c1-11(2)20-15-7-5-4-6-13(15)10-17(14-8-9-14)12(3)16(18)19/h4-7,11-12,14H,8-10H2,1-3H3,(H,18,19). The average Bonchev–Trinajstić information content (AvgIpc) is 3.20. The molecular weight excluding hydrogens is 254 g/mol. The highest BCUT2D eigenvalue weighted by Gasteiger charge is 2.35. The third kappa shape index (κ3) is 3.73. The summed E-state index contributed by atoms with van der Waals surface area (Å²) in [5.74, 6) is 0.0879. The highest BCUT2D eigenvalue weighted by atomic mass is 16.5. The summed E-state index contributed by atoms with van der Waals surface area (Å²) in [6, 6.07) is 7.82. The molecule has 0 amide bonds. The number of hydrogen-bond acceptors (Lipinski definition) is 3. The molecule has 1 aliphatic carbocycles. The summed E-state index contributed by atoms with van der Waals surface area (Å²) in [5.41, 5.74) is 1.06. The van der Waals surface area contributed by atoms with E-state index in [-0.39, 0.29) is 6.10 Å². The average molecular weight is 277 g/mol. The Hall–Kier alpha value is -1.55. The second-order valence-electron chi connectivity index (χ2n) is 5.69. The minimum absolute atomic E-state index is 0.113. The van der Waals surface area contributed by atoms with Crippen LogP contribution in [0.3, 0.4) is 0 Å². The Labute approximate surface area is 120 Å². The van der Waals surface area contributed by atoms with Gasteiger partial charge in [-0.15, -0.1) is 0 Å². The largest absolute Gasteiger partial charge is 0.491 e. The molecule has 1 fully saturated rings. The first-order chi connectivity index (χ1) is 9.49. The summed E-state index contributed by atoms with van der Waals surface area (Å²) < 4.78 is 5.81. The molecular formula is C16H23NO3. The number of hydrogen-bond donors (Lipinski definition) is 1. The van der Waals surface area contributed by atoms with Gasteiger partial charge < -0.3 is 9.84 Å². The van der Waals surface area contributed by atoms with Gasteiger partial charge in [0.05, 0.1) is 6.10 Å². The highest BCUT2D eigenvalue weighted by molar-refractivity contribution is 5.73. The Kier molecular flexibility index (Phi) is 4.65. The van der Waals surface area contributed by atoms with Crippen molar-refractivity contribution in [3.8, 4) is 5.75 Å². The van der Waals surface area contributed by atoms with Gasteiger partial charge in [0, 0.05) is 18.2 Å². The predicted octanol–water partition coefficient (Wildman–Crippen LogP) is 2.91. The van der Waals surface area contributed by atoms with Crippen LogP contribution in [0.5, 0.6) is 5.75 Å². The summed E-state index contributed by atoms with van der Waals surface area (Å²) in [4.78, 5) is 13.3. The molecule has 1 aromatic carbocycles. The molecule has 0 saturated heterocycles. The molecule has 0 aliphatic heterocycles. The molecule has 1 unspecified atom stereocenters. The summed E-state index contributed by atoms with van der Waals surface area (Å²) in [5, 5.41) is 9.25. The number of para-hydroxylation sites is 1. The molecule has 1 atom stereocenters. The molecule has 20 heavy (non-hydrogen) atoms. The number of benzene rings is 1. The maximum absolute atomic E-state index is 11.3. The number of nitrogens with zero attached hydrogens (tertiary/aromatic N) is 1. The van der Waals surface area contributed by atoms with E-state index >= 15 is 0 Å². The monoisotopic (exact) mass is 277 g/mol. The van der Waals surface area contributed by atoms with Crippen LogP contribution >= 0.6 is 0 Å². The third-order valence-electron chi connectivity index (χ3n) is 3.56. The minimum atomic E-state index is -0.765. The fraction of sp³-hybridized carbons (Fsp3) is 0.562. The lowest BCUT2D eigenvalue weighted by molar-refractivity contribution is -0.143. The molecule has 4 heteroatoms. The lowest BCUT2D eigenvalue weighted by Gasteiger charge is -2.27. The van der Waals surface area contributed by atoms with Crippen LogP contribution in [0.4, 0.5) is 0 Å². The maximum atomic E-state index is 11.3. The normalized spacial score (nSPS) is 16.4. The van der Waals surface area contributed by atoms with Gasteiger partial charge in [-0.1, -0.05) is 18.2 Å². The van der Waals surface area contributed by atoms with Crippen molar-refractivity contribution >= 4 is 5.97 Å². The van der Waals surface area contributed by atoms with Crippen molar-refractivity contribution in [2.75, 3.05) is 0 Å². The van der Waals surface area contributed by atoms with Gasteiger partial charge in [-0.25, -0.2) is 0 Å². The second-order valence-corrected chi connectivity index (χ2v) is 5.69. The fourth-order valence-corrected chi connectivity index (χ4v) is 2.33. The van der Waals surface area contributed by atoms with Crippen LogP contribution in [0.25, 0.3) is 0 Å². The van der Waals surface area contributed by atoms with Gasteiger partial charge in [0.1, 0.15) is 11.8 Å². The molecule has 0 heterocycles. The SMILES string of the molecule is CC(C)Oc1ccccc1CN(C1CC1)C(C)C(=O)O. The molecule has 2 rings (SSSR count). The van der Waals surface area contributed by atoms with Crippen LogP contribution in [0.1, 0.15) is 39.2 Å². The zero-order valence-electron chi connectivity index (χ0n) is 12.4. The van der Waals surface area contributed by atoms with Gasteiger partial charge in [0.25, 0.3) is 0 Å². The Morgan fingerprint density at radius 2 is 2.00 bits per heavy atom. The molecule has 4 nitrogen and oxygen atoms in total. The van der Waals surface area contributed by atoms with Gasteiger partial charge in [-0.05, 0) is 39.7 Å². The van der Waals surface area contributed by atoms with Crippen molar-refractivity contribution in [1.29, 1.82) is 0 Å². The van der Waals surface area contributed by atoms with E-state index in [1.807, 2.05) is 38.1 Å². The molecule has 0 spiro atoms. The van der Waals surface area contributed by atoms with Crippen LogP contribution in [0.15, 0.2) is 24.3 Å². The number of rotatable bonds is 7. The van der Waals surface area contributed by atoms with Gasteiger partial charge >= 0.3 is 5.97 Å². The number of carboxylic acids is 1. The van der Waals surface area contributed by atoms with E-state index in [1.165, 1.54) is 0 Å². The number of carboxylic acid groups (broad SMARTS) is 1. The second kappa shape index (κ2) is 6.27. The number of carbonyl (C=O) groups is 1. The fourth-order valence-electron chi connectivity index (χ4n) is 2.33. The Balaban J connectivity index is 2.16. The third-order valence-corrected chi connectivity index (χ3v) is 3.56. The molecule has 1 saturated carbocycles. The zero-order chi connectivity index (χ0) is 14.7. The van der Waals surface area contributed by atoms with Crippen LogP contribution in [0, 0.1) is 0 Å². The van der Waals surface area contributed by atoms with Crippen molar-refractivity contribution in [1.82, 2.24) is 4.90 Å². The molecule has 1 aromatic rings. The van der Waals surface area contributed by atoms with Gasteiger partial charge in [0.2, 0.25) is 0 Å². The Bertz CT molecular complexity index is 469. The minimum Gasteiger partial charge on any atom is -0.491 e. The van der Waals surface area contributed by atoms with E-state index in [9.17, 15) is 9.90 Å². The van der Waals surface area contributed by atoms with Crippen LogP contribution in [0.2, 0.25) is 0 Å². The van der Waals surface area contributed by atoms with Crippen molar-refractivity contribution in [3.05, 3.63) is 29.8 Å². The highest BCUT2D eigenvalue weighted by Crippen LogP contribution is 2.32. The first-order valence-corrected chi connectivity index (χ1v) is 7.22. The van der Waals surface area contributed by atoms with Crippen LogP contribution < -0.4 is 4.74 Å². The van der Waals surface area contributed by atoms with Crippen molar-refractivity contribution < 1.29 is 14.6 Å². The summed E-state index contributed by atoms with van der Waals surface area (Å²) >= 11 is 0. The first-order valence-electron chi connectivity index (χ1n) is 7.22. The zero-order valence-corrected chi connectivity index (χ0v) is 12.4. The van der Waals surface area contributed by atoms with E-state index in [0.29, 0.717) is 12.6 Å². The maximum Gasteiger partial charge on any atom is 0.320 e. The summed E-state index contributed by atoms with van der Waals surface area (Å²) in [6.45, 7) is 6.37. The molecule has 110 valence electrons. The van der Waals surface area contributed by atoms with Crippen molar-refractivity contribution in [3.63, 3.8) is 0 Å². The van der Waals surface area contributed by atoms with Gasteiger partial charge in [-0.2, -0.15) is 0 Å².